The first-order valence-electron chi connectivity index (χ1n) is 7.41. The molecule has 2 atom stereocenters. The Bertz CT molecular complexity index is 508. The van der Waals surface area contributed by atoms with Crippen molar-refractivity contribution in [3.8, 4) is 0 Å². The molecule has 1 aromatic rings. The fourth-order valence-electron chi connectivity index (χ4n) is 3.42. The highest BCUT2D eigenvalue weighted by atomic mass is 16.1. The molecule has 5 heteroatoms. The smallest absolute Gasteiger partial charge is 0.255 e. The Hall–Kier alpha value is -1.36. The van der Waals surface area contributed by atoms with Crippen LogP contribution in [0.4, 0.5) is 0 Å². The van der Waals surface area contributed by atoms with Gasteiger partial charge in [-0.15, -0.1) is 0 Å². The summed E-state index contributed by atoms with van der Waals surface area (Å²) in [4.78, 5) is 12.6. The number of carbonyl (C=O) groups excluding carboxylic acids is 1. The number of carbonyl (C=O) groups is 1. The maximum absolute atomic E-state index is 12.6. The number of nitrogens with one attached hydrogen (secondary N) is 1. The molecule has 0 radical (unpaired) electrons. The van der Waals surface area contributed by atoms with Crippen LogP contribution in [0.3, 0.4) is 0 Å². The molecule has 1 fully saturated rings. The Morgan fingerprint density at radius 1 is 1.55 bits per heavy atom. The summed E-state index contributed by atoms with van der Waals surface area (Å²) in [5, 5.41) is 7.52. The average Bonchev–Trinajstić information content (AvgIpc) is 2.63. The lowest BCUT2D eigenvalue weighted by atomic mass is 9.76. The Kier molecular flexibility index (Phi) is 4.18. The summed E-state index contributed by atoms with van der Waals surface area (Å²) in [5.74, 6) is 0.580. The molecule has 0 spiro atoms. The van der Waals surface area contributed by atoms with Crippen molar-refractivity contribution in [2.45, 2.75) is 52.0 Å². The van der Waals surface area contributed by atoms with E-state index >= 15 is 0 Å². The van der Waals surface area contributed by atoms with E-state index in [9.17, 15) is 4.79 Å². The van der Waals surface area contributed by atoms with Gasteiger partial charge in [0.2, 0.25) is 0 Å². The van der Waals surface area contributed by atoms with Crippen LogP contribution in [0.25, 0.3) is 0 Å². The summed E-state index contributed by atoms with van der Waals surface area (Å²) < 4.78 is 1.75. The average molecular weight is 278 g/mol. The maximum Gasteiger partial charge on any atom is 0.255 e. The van der Waals surface area contributed by atoms with Crippen LogP contribution in [-0.2, 0) is 7.05 Å². The lowest BCUT2D eigenvalue weighted by Gasteiger charge is -2.40. The van der Waals surface area contributed by atoms with Crippen molar-refractivity contribution in [3.63, 3.8) is 0 Å². The molecule has 1 heterocycles. The van der Waals surface area contributed by atoms with Crippen molar-refractivity contribution in [1.29, 1.82) is 0 Å². The van der Waals surface area contributed by atoms with Crippen LogP contribution >= 0.6 is 0 Å². The molecular formula is C15H26N4O. The molecule has 0 aliphatic heterocycles. The molecule has 3 N–H and O–H groups in total. The van der Waals surface area contributed by atoms with E-state index in [0.717, 1.165) is 30.7 Å². The van der Waals surface area contributed by atoms with Crippen molar-refractivity contribution in [2.75, 3.05) is 6.54 Å². The molecule has 1 aliphatic carbocycles. The van der Waals surface area contributed by atoms with E-state index < -0.39 is 0 Å². The first kappa shape index (κ1) is 15.0. The lowest BCUT2D eigenvalue weighted by molar-refractivity contribution is 0.0852. The molecule has 1 saturated carbocycles. The normalized spacial score (nSPS) is 26.6. The molecule has 1 aliphatic rings. The Morgan fingerprint density at radius 3 is 2.75 bits per heavy atom. The van der Waals surface area contributed by atoms with E-state index in [0.29, 0.717) is 18.0 Å². The zero-order chi connectivity index (χ0) is 14.9. The van der Waals surface area contributed by atoms with Crippen LogP contribution in [0.5, 0.6) is 0 Å². The zero-order valence-corrected chi connectivity index (χ0v) is 13.0. The van der Waals surface area contributed by atoms with Gasteiger partial charge in [-0.3, -0.25) is 9.48 Å². The van der Waals surface area contributed by atoms with Crippen molar-refractivity contribution in [2.24, 2.45) is 18.7 Å². The van der Waals surface area contributed by atoms with Gasteiger partial charge in [-0.05, 0) is 32.6 Å². The molecule has 1 aromatic heterocycles. The molecule has 1 amide bonds. The maximum atomic E-state index is 12.6. The molecule has 2 rings (SSSR count). The third kappa shape index (κ3) is 2.73. The zero-order valence-electron chi connectivity index (χ0n) is 13.0. The van der Waals surface area contributed by atoms with Crippen molar-refractivity contribution < 1.29 is 4.79 Å². The van der Waals surface area contributed by atoms with Crippen LogP contribution in [0.15, 0.2) is 0 Å². The molecule has 112 valence electrons. The van der Waals surface area contributed by atoms with Gasteiger partial charge < -0.3 is 11.1 Å². The quantitative estimate of drug-likeness (QED) is 0.883. The third-order valence-corrected chi connectivity index (χ3v) is 4.60. The topological polar surface area (TPSA) is 72.9 Å². The standard InChI is InChI=1S/C15H26N4O/c1-10-6-5-7-15(8-10,9-16)17-14(20)13-11(2)18-19(4)12(13)3/h10H,5-9,16H2,1-4H3,(H,17,20). The highest BCUT2D eigenvalue weighted by Gasteiger charge is 2.36. The molecule has 0 aromatic carbocycles. The van der Waals surface area contributed by atoms with Gasteiger partial charge in [0.25, 0.3) is 5.91 Å². The predicted octanol–water partition coefficient (Wildman–Crippen LogP) is 1.67. The second-order valence-corrected chi connectivity index (χ2v) is 6.31. The minimum Gasteiger partial charge on any atom is -0.345 e. The molecular weight excluding hydrogens is 252 g/mol. The molecule has 0 saturated heterocycles. The molecule has 20 heavy (non-hydrogen) atoms. The fourth-order valence-corrected chi connectivity index (χ4v) is 3.42. The third-order valence-electron chi connectivity index (χ3n) is 4.60. The summed E-state index contributed by atoms with van der Waals surface area (Å²) >= 11 is 0. The SMILES string of the molecule is Cc1nn(C)c(C)c1C(=O)NC1(CN)CCCC(C)C1. The summed E-state index contributed by atoms with van der Waals surface area (Å²) in [6.45, 7) is 6.53. The van der Waals surface area contributed by atoms with Gasteiger partial charge >= 0.3 is 0 Å². The first-order valence-corrected chi connectivity index (χ1v) is 7.41. The number of aryl methyl sites for hydroxylation is 2. The first-order chi connectivity index (χ1) is 9.38. The number of nitrogens with zero attached hydrogens (tertiary/aromatic N) is 2. The van der Waals surface area contributed by atoms with Gasteiger partial charge in [0, 0.05) is 19.3 Å². The monoisotopic (exact) mass is 278 g/mol. The minimum atomic E-state index is -0.247. The van der Waals surface area contributed by atoms with Gasteiger partial charge in [-0.25, -0.2) is 0 Å². The van der Waals surface area contributed by atoms with E-state index in [1.165, 1.54) is 6.42 Å². The van der Waals surface area contributed by atoms with E-state index in [4.69, 9.17) is 5.73 Å². The number of nitrogens with two attached hydrogens (primary N) is 1. The fraction of sp³-hybridized carbons (Fsp3) is 0.733. The largest absolute Gasteiger partial charge is 0.345 e. The number of rotatable bonds is 3. The van der Waals surface area contributed by atoms with Gasteiger partial charge in [0.05, 0.1) is 16.8 Å². The molecule has 5 nitrogen and oxygen atoms in total. The molecule has 2 unspecified atom stereocenters. The Labute approximate surface area is 120 Å². The number of amides is 1. The number of hydrogen-bond donors (Lipinski definition) is 2. The predicted molar refractivity (Wildman–Crippen MR) is 79.6 cm³/mol. The number of hydrogen-bond acceptors (Lipinski definition) is 3. The summed E-state index contributed by atoms with van der Waals surface area (Å²) in [7, 11) is 1.86. The van der Waals surface area contributed by atoms with Gasteiger partial charge in [-0.1, -0.05) is 19.8 Å². The van der Waals surface area contributed by atoms with E-state index in [2.05, 4.69) is 17.3 Å². The van der Waals surface area contributed by atoms with Crippen LogP contribution in [0.1, 0.15) is 54.4 Å². The minimum absolute atomic E-state index is 0.0346. The Morgan fingerprint density at radius 2 is 2.25 bits per heavy atom. The number of aromatic nitrogens is 2. The van der Waals surface area contributed by atoms with Crippen molar-refractivity contribution in [3.05, 3.63) is 17.0 Å². The van der Waals surface area contributed by atoms with Crippen LogP contribution in [0, 0.1) is 19.8 Å². The van der Waals surface area contributed by atoms with Crippen molar-refractivity contribution >= 4 is 5.91 Å². The van der Waals surface area contributed by atoms with Crippen LogP contribution in [-0.4, -0.2) is 27.8 Å². The van der Waals surface area contributed by atoms with E-state index in [1.54, 1.807) is 4.68 Å². The lowest BCUT2D eigenvalue weighted by Crippen LogP contribution is -2.56. The summed E-state index contributed by atoms with van der Waals surface area (Å²) in [5.41, 5.74) is 8.09. The van der Waals surface area contributed by atoms with Crippen LogP contribution < -0.4 is 11.1 Å². The highest BCUT2D eigenvalue weighted by Crippen LogP contribution is 2.32. The second kappa shape index (κ2) is 5.56. The van der Waals surface area contributed by atoms with Gasteiger partial charge in [-0.2, -0.15) is 5.10 Å². The van der Waals surface area contributed by atoms with E-state index in [-0.39, 0.29) is 11.4 Å². The summed E-state index contributed by atoms with van der Waals surface area (Å²) in [6, 6.07) is 0. The van der Waals surface area contributed by atoms with E-state index in [1.807, 2.05) is 20.9 Å². The summed E-state index contributed by atoms with van der Waals surface area (Å²) in [6.07, 6.45) is 4.29. The van der Waals surface area contributed by atoms with Gasteiger partial charge in [0.1, 0.15) is 0 Å². The van der Waals surface area contributed by atoms with Gasteiger partial charge in [0.15, 0.2) is 0 Å². The second-order valence-electron chi connectivity index (χ2n) is 6.31. The Balaban J connectivity index is 2.21. The molecule has 0 bridgehead atoms. The highest BCUT2D eigenvalue weighted by molar-refractivity contribution is 5.96. The van der Waals surface area contributed by atoms with Crippen molar-refractivity contribution in [1.82, 2.24) is 15.1 Å². The van der Waals surface area contributed by atoms with Crippen LogP contribution in [0.2, 0.25) is 0 Å².